The second kappa shape index (κ2) is 7.99. The van der Waals surface area contributed by atoms with Crippen molar-refractivity contribution in [1.82, 2.24) is 4.90 Å². The van der Waals surface area contributed by atoms with Gasteiger partial charge in [-0.15, -0.1) is 0 Å². The number of aliphatic carboxylic acids is 1. The van der Waals surface area contributed by atoms with E-state index in [1.807, 2.05) is 24.3 Å². The second-order valence-corrected chi connectivity index (χ2v) is 8.29. The van der Waals surface area contributed by atoms with E-state index in [-0.39, 0.29) is 5.25 Å². The zero-order chi connectivity index (χ0) is 18.6. The van der Waals surface area contributed by atoms with Crippen molar-refractivity contribution in [3.8, 4) is 5.75 Å². The van der Waals surface area contributed by atoms with Crippen LogP contribution < -0.4 is 4.74 Å². The number of hydrogen-bond acceptors (Lipinski definition) is 5. The zero-order valence-corrected chi connectivity index (χ0v) is 15.8. The Bertz CT molecular complexity index is 611. The largest absolute Gasteiger partial charge is 0.497 e. The summed E-state index contributed by atoms with van der Waals surface area (Å²) < 4.78 is 10.5. The topological polar surface area (TPSA) is 76.1 Å². The van der Waals surface area contributed by atoms with Crippen LogP contribution in [0.25, 0.3) is 0 Å². The monoisotopic (exact) mass is 367 g/mol. The van der Waals surface area contributed by atoms with E-state index in [1.54, 1.807) is 39.6 Å². The molecule has 1 unspecified atom stereocenters. The van der Waals surface area contributed by atoms with Gasteiger partial charge in [0.2, 0.25) is 0 Å². The third-order valence-corrected chi connectivity index (χ3v) is 5.13. The number of hydrogen-bond donors (Lipinski definition) is 1. The first-order valence-electron chi connectivity index (χ1n) is 8.16. The van der Waals surface area contributed by atoms with Gasteiger partial charge in [-0.3, -0.25) is 4.90 Å². The van der Waals surface area contributed by atoms with E-state index in [0.717, 1.165) is 17.1 Å². The fourth-order valence-electron chi connectivity index (χ4n) is 2.61. The van der Waals surface area contributed by atoms with Gasteiger partial charge >= 0.3 is 12.1 Å². The highest BCUT2D eigenvalue weighted by molar-refractivity contribution is 7.99. The maximum atomic E-state index is 12.3. The van der Waals surface area contributed by atoms with Gasteiger partial charge in [-0.25, -0.2) is 9.59 Å². The van der Waals surface area contributed by atoms with E-state index in [4.69, 9.17) is 9.47 Å². The number of likely N-dealkylation sites (tertiary alicyclic amines) is 1. The molecule has 1 aliphatic rings. The number of thioether (sulfide) groups is 1. The summed E-state index contributed by atoms with van der Waals surface area (Å²) in [6.07, 6.45) is -0.137. The summed E-state index contributed by atoms with van der Waals surface area (Å²) in [5, 5.41) is 9.48. The van der Waals surface area contributed by atoms with E-state index in [9.17, 15) is 14.7 Å². The first-order chi connectivity index (χ1) is 11.7. The molecule has 6 nitrogen and oxygen atoms in total. The van der Waals surface area contributed by atoms with Crippen LogP contribution in [0.15, 0.2) is 24.3 Å². The molecule has 1 N–H and O–H groups in total. The van der Waals surface area contributed by atoms with Crippen LogP contribution in [-0.4, -0.2) is 52.6 Å². The highest BCUT2D eigenvalue weighted by Gasteiger charge is 2.41. The number of methoxy groups -OCH3 is 1. The van der Waals surface area contributed by atoms with Gasteiger partial charge in [-0.2, -0.15) is 11.8 Å². The van der Waals surface area contributed by atoms with Gasteiger partial charge in [0, 0.05) is 17.5 Å². The van der Waals surface area contributed by atoms with Crippen LogP contribution in [0, 0.1) is 0 Å². The van der Waals surface area contributed by atoms with Crippen molar-refractivity contribution in [2.45, 2.75) is 49.8 Å². The van der Waals surface area contributed by atoms with Crippen LogP contribution in [0.3, 0.4) is 0 Å². The lowest BCUT2D eigenvalue weighted by Gasteiger charge is -2.26. The van der Waals surface area contributed by atoms with Gasteiger partial charge in [0.05, 0.1) is 7.11 Å². The Morgan fingerprint density at radius 2 is 1.92 bits per heavy atom. The normalized spacial score (nSPS) is 20.4. The molecule has 1 amide bonds. The Hall–Kier alpha value is -1.89. The predicted octanol–water partition coefficient (Wildman–Crippen LogP) is 3.39. The minimum Gasteiger partial charge on any atom is -0.497 e. The average molecular weight is 367 g/mol. The van der Waals surface area contributed by atoms with Crippen molar-refractivity contribution in [3.05, 3.63) is 29.8 Å². The van der Waals surface area contributed by atoms with Crippen molar-refractivity contribution < 1.29 is 24.2 Å². The molecule has 1 aromatic carbocycles. The van der Waals surface area contributed by atoms with Crippen LogP contribution in [0.4, 0.5) is 4.79 Å². The highest BCUT2D eigenvalue weighted by atomic mass is 32.2. The molecule has 0 radical (unpaired) electrons. The molecule has 0 bridgehead atoms. The lowest BCUT2D eigenvalue weighted by molar-refractivity contribution is -0.142. The van der Waals surface area contributed by atoms with Crippen molar-refractivity contribution in [1.29, 1.82) is 0 Å². The maximum absolute atomic E-state index is 12.3. The molecule has 1 fully saturated rings. The maximum Gasteiger partial charge on any atom is 0.411 e. The zero-order valence-electron chi connectivity index (χ0n) is 15.0. The third kappa shape index (κ3) is 5.56. The molecule has 1 saturated heterocycles. The van der Waals surface area contributed by atoms with Gasteiger partial charge in [0.15, 0.2) is 0 Å². The number of nitrogens with zero attached hydrogens (tertiary/aromatic N) is 1. The summed E-state index contributed by atoms with van der Waals surface area (Å²) in [6.45, 7) is 5.69. The molecule has 2 atom stereocenters. The molecule has 1 heterocycles. The Balaban J connectivity index is 1.96. The molecule has 0 saturated carbocycles. The number of ether oxygens (including phenoxy) is 2. The molecule has 1 aliphatic heterocycles. The number of benzene rings is 1. The van der Waals surface area contributed by atoms with Gasteiger partial charge in [0.25, 0.3) is 0 Å². The molecular weight excluding hydrogens is 342 g/mol. The molecule has 7 heteroatoms. The van der Waals surface area contributed by atoms with E-state index in [2.05, 4.69) is 0 Å². The van der Waals surface area contributed by atoms with E-state index in [1.165, 1.54) is 4.90 Å². The highest BCUT2D eigenvalue weighted by Crippen LogP contribution is 2.31. The van der Waals surface area contributed by atoms with Crippen molar-refractivity contribution >= 4 is 23.8 Å². The Kier molecular flexibility index (Phi) is 6.21. The number of carbonyl (C=O) groups excluding carboxylic acids is 1. The fourth-order valence-corrected chi connectivity index (χ4v) is 3.82. The van der Waals surface area contributed by atoms with Crippen molar-refractivity contribution in [2.24, 2.45) is 0 Å². The van der Waals surface area contributed by atoms with Crippen molar-refractivity contribution in [2.75, 3.05) is 13.7 Å². The SMILES string of the molecule is COc1ccc(CS[C@H]2CC(C(=O)O)N(C(=O)OC(C)(C)C)C2)cc1. The van der Waals surface area contributed by atoms with Gasteiger partial charge in [-0.1, -0.05) is 12.1 Å². The van der Waals surface area contributed by atoms with Gasteiger partial charge in [0.1, 0.15) is 17.4 Å². The van der Waals surface area contributed by atoms with Crippen LogP contribution >= 0.6 is 11.8 Å². The first kappa shape index (κ1) is 19.4. The fraction of sp³-hybridized carbons (Fsp3) is 0.556. The number of carboxylic acid groups (broad SMARTS) is 1. The van der Waals surface area contributed by atoms with E-state index < -0.39 is 23.7 Å². The molecule has 1 aromatic rings. The summed E-state index contributed by atoms with van der Waals surface area (Å²) in [5.41, 5.74) is 0.488. The molecule has 0 aliphatic carbocycles. The lowest BCUT2D eigenvalue weighted by atomic mass is 10.2. The quantitative estimate of drug-likeness (QED) is 0.860. The number of rotatable bonds is 5. The number of carbonyl (C=O) groups is 2. The average Bonchev–Trinajstić information content (AvgIpc) is 2.96. The Labute approximate surface area is 152 Å². The molecule has 138 valence electrons. The minimum absolute atomic E-state index is 0.0655. The number of carboxylic acids is 1. The molecular formula is C18H25NO5S. The summed E-state index contributed by atoms with van der Waals surface area (Å²) in [7, 11) is 1.62. The molecule has 2 rings (SSSR count). The van der Waals surface area contributed by atoms with E-state index >= 15 is 0 Å². The summed E-state index contributed by atoms with van der Waals surface area (Å²) in [4.78, 5) is 25.1. The number of amides is 1. The Morgan fingerprint density at radius 3 is 2.44 bits per heavy atom. The summed E-state index contributed by atoms with van der Waals surface area (Å²) in [6, 6.07) is 6.94. The Morgan fingerprint density at radius 1 is 1.28 bits per heavy atom. The summed E-state index contributed by atoms with van der Waals surface area (Å²) in [5.74, 6) is 0.568. The third-order valence-electron chi connectivity index (χ3n) is 3.82. The predicted molar refractivity (Wildman–Crippen MR) is 97.1 cm³/mol. The van der Waals surface area contributed by atoms with Crippen LogP contribution in [0.5, 0.6) is 5.75 Å². The first-order valence-corrected chi connectivity index (χ1v) is 9.21. The van der Waals surface area contributed by atoms with Gasteiger partial charge in [-0.05, 0) is 44.9 Å². The van der Waals surface area contributed by atoms with Crippen LogP contribution in [0.2, 0.25) is 0 Å². The van der Waals surface area contributed by atoms with Crippen molar-refractivity contribution in [3.63, 3.8) is 0 Å². The second-order valence-electron chi connectivity index (χ2n) is 7.00. The smallest absolute Gasteiger partial charge is 0.411 e. The van der Waals surface area contributed by atoms with E-state index in [0.29, 0.717) is 13.0 Å². The minimum atomic E-state index is -0.988. The molecule has 25 heavy (non-hydrogen) atoms. The van der Waals surface area contributed by atoms with Gasteiger partial charge < -0.3 is 14.6 Å². The van der Waals surface area contributed by atoms with Crippen LogP contribution in [0.1, 0.15) is 32.8 Å². The summed E-state index contributed by atoms with van der Waals surface area (Å²) >= 11 is 1.66. The molecule has 0 aromatic heterocycles. The standard InChI is InChI=1S/C18H25NO5S/c1-18(2,3)24-17(22)19-10-14(9-15(19)16(20)21)25-11-12-5-7-13(23-4)8-6-12/h5-8,14-15H,9-11H2,1-4H3,(H,20,21)/t14-,15?/m0/s1. The van der Waals surface area contributed by atoms with Crippen LogP contribution in [-0.2, 0) is 15.3 Å². The lowest BCUT2D eigenvalue weighted by Crippen LogP contribution is -2.43. The molecule has 0 spiro atoms.